The van der Waals surface area contributed by atoms with Crippen LogP contribution in [0.1, 0.15) is 13.8 Å². The maximum absolute atomic E-state index is 5.74. The number of fused-ring (bicyclic) bond motifs is 1. The molecule has 2 saturated heterocycles. The van der Waals surface area contributed by atoms with Crippen LogP contribution in [0.2, 0.25) is 0 Å². The molecule has 2 fully saturated rings. The maximum Gasteiger partial charge on any atom is 0.183 e. The Morgan fingerprint density at radius 3 is 3.00 bits per heavy atom. The second kappa shape index (κ2) is 2.98. The number of hydrogen-bond acceptors (Lipinski definition) is 3. The topological polar surface area (TPSA) is 33.3 Å². The first kappa shape index (κ1) is 7.92. The second-order valence-electron chi connectivity index (χ2n) is 3.62. The highest BCUT2D eigenvalue weighted by molar-refractivity contribution is 5.04. The van der Waals surface area contributed by atoms with E-state index < -0.39 is 0 Å². The Hall–Kier alpha value is -0.700. The zero-order valence-electron chi connectivity index (χ0n) is 7.63. The monoisotopic (exact) mass is 168 g/mol. The van der Waals surface area contributed by atoms with Crippen LogP contribution in [-0.4, -0.2) is 25.2 Å². The van der Waals surface area contributed by atoms with Gasteiger partial charge in [0, 0.05) is 19.0 Å². The van der Waals surface area contributed by atoms with Crippen molar-refractivity contribution in [2.45, 2.75) is 26.0 Å². The third-order valence-corrected chi connectivity index (χ3v) is 2.64. The van der Waals surface area contributed by atoms with E-state index in [0.29, 0.717) is 18.1 Å². The quantitative estimate of drug-likeness (QED) is 0.551. The summed E-state index contributed by atoms with van der Waals surface area (Å²) >= 11 is 0. The van der Waals surface area contributed by atoms with Crippen LogP contribution in [0, 0.1) is 5.92 Å². The first-order valence-electron chi connectivity index (χ1n) is 4.61. The fourth-order valence-corrected chi connectivity index (χ4v) is 1.94. The highest BCUT2D eigenvalue weighted by Crippen LogP contribution is 2.23. The Bertz CT molecular complexity index is 203. The lowest BCUT2D eigenvalue weighted by molar-refractivity contribution is 0.0818. The van der Waals surface area contributed by atoms with Gasteiger partial charge in [-0.3, -0.25) is 0 Å². The smallest absolute Gasteiger partial charge is 0.183 e. The van der Waals surface area contributed by atoms with E-state index in [4.69, 9.17) is 4.74 Å². The third-order valence-electron chi connectivity index (χ3n) is 2.64. The summed E-state index contributed by atoms with van der Waals surface area (Å²) in [6.07, 6.45) is 2.36. The normalized spacial score (nSPS) is 43.5. The molecule has 2 rings (SSSR count). The summed E-state index contributed by atoms with van der Waals surface area (Å²) in [6, 6.07) is 0.472. The molecule has 2 aliphatic heterocycles. The molecule has 3 atom stereocenters. The number of hydrogen-bond donors (Lipinski definition) is 2. The van der Waals surface area contributed by atoms with E-state index in [2.05, 4.69) is 17.6 Å². The van der Waals surface area contributed by atoms with Gasteiger partial charge in [0.2, 0.25) is 0 Å². The number of nitrogens with one attached hydrogen (secondary N) is 2. The van der Waals surface area contributed by atoms with Crippen molar-refractivity contribution in [3.8, 4) is 0 Å². The van der Waals surface area contributed by atoms with Crippen LogP contribution in [0.3, 0.4) is 0 Å². The number of piperidine rings is 1. The Labute approximate surface area is 73.2 Å². The van der Waals surface area contributed by atoms with Crippen LogP contribution < -0.4 is 10.6 Å². The molecule has 0 spiro atoms. The summed E-state index contributed by atoms with van der Waals surface area (Å²) in [5.41, 5.74) is 0. The minimum atomic E-state index is 0.373. The van der Waals surface area contributed by atoms with Crippen molar-refractivity contribution in [2.24, 2.45) is 5.92 Å². The van der Waals surface area contributed by atoms with Gasteiger partial charge in [0.05, 0.1) is 6.04 Å². The standard InChI is InChI=1S/C9H16N2O/c1-3-8-11-7-5-10-4-6(2)9(7)12-8/h3,6-7,9-11H,4-5H2,1-2H3/t6?,7-,9+/m1/s1. The van der Waals surface area contributed by atoms with Gasteiger partial charge >= 0.3 is 0 Å². The highest BCUT2D eigenvalue weighted by atomic mass is 16.5. The van der Waals surface area contributed by atoms with E-state index in [1.807, 2.05) is 13.0 Å². The molecule has 0 radical (unpaired) electrons. The van der Waals surface area contributed by atoms with Crippen molar-refractivity contribution in [1.29, 1.82) is 0 Å². The molecule has 12 heavy (non-hydrogen) atoms. The first-order valence-corrected chi connectivity index (χ1v) is 4.61. The van der Waals surface area contributed by atoms with Crippen molar-refractivity contribution < 1.29 is 4.74 Å². The average molecular weight is 168 g/mol. The van der Waals surface area contributed by atoms with Gasteiger partial charge in [0.1, 0.15) is 6.10 Å². The summed E-state index contributed by atoms with van der Waals surface area (Å²) < 4.78 is 5.74. The van der Waals surface area contributed by atoms with E-state index in [9.17, 15) is 0 Å². The Balaban J connectivity index is 2.09. The number of rotatable bonds is 0. The van der Waals surface area contributed by atoms with Crippen LogP contribution >= 0.6 is 0 Å². The summed E-state index contributed by atoms with van der Waals surface area (Å²) in [6.45, 7) is 6.31. The van der Waals surface area contributed by atoms with Crippen molar-refractivity contribution in [1.82, 2.24) is 10.6 Å². The SMILES string of the molecule is CC=C1N[C@@H]2CNCC(C)[C@@H]2O1. The van der Waals surface area contributed by atoms with Crippen LogP contribution in [0.5, 0.6) is 0 Å². The van der Waals surface area contributed by atoms with Gasteiger partial charge < -0.3 is 15.4 Å². The summed E-state index contributed by atoms with van der Waals surface area (Å²) in [5, 5.41) is 6.73. The molecule has 0 aromatic heterocycles. The zero-order chi connectivity index (χ0) is 8.55. The molecule has 2 aliphatic rings. The maximum atomic E-state index is 5.74. The molecule has 3 nitrogen and oxygen atoms in total. The lowest BCUT2D eigenvalue weighted by atomic mass is 9.95. The van der Waals surface area contributed by atoms with Crippen LogP contribution in [0.4, 0.5) is 0 Å². The Kier molecular flexibility index (Phi) is 1.97. The Morgan fingerprint density at radius 1 is 1.50 bits per heavy atom. The third kappa shape index (κ3) is 1.18. The molecular formula is C9H16N2O. The average Bonchev–Trinajstić information content (AvgIpc) is 2.49. The van der Waals surface area contributed by atoms with E-state index in [-0.39, 0.29) is 0 Å². The fraction of sp³-hybridized carbons (Fsp3) is 0.778. The summed E-state index contributed by atoms with van der Waals surface area (Å²) in [4.78, 5) is 0. The Morgan fingerprint density at radius 2 is 2.33 bits per heavy atom. The van der Waals surface area contributed by atoms with Gasteiger partial charge in [-0.15, -0.1) is 0 Å². The molecule has 2 heterocycles. The zero-order valence-corrected chi connectivity index (χ0v) is 7.63. The summed E-state index contributed by atoms with van der Waals surface area (Å²) in [7, 11) is 0. The molecule has 2 N–H and O–H groups in total. The predicted molar refractivity (Wildman–Crippen MR) is 47.6 cm³/mol. The van der Waals surface area contributed by atoms with Gasteiger partial charge in [-0.2, -0.15) is 0 Å². The fourth-order valence-electron chi connectivity index (χ4n) is 1.94. The molecule has 0 aliphatic carbocycles. The van der Waals surface area contributed by atoms with Crippen molar-refractivity contribution >= 4 is 0 Å². The lowest BCUT2D eigenvalue weighted by Crippen LogP contribution is -2.51. The lowest BCUT2D eigenvalue weighted by Gasteiger charge is -2.29. The molecule has 0 saturated carbocycles. The van der Waals surface area contributed by atoms with Crippen LogP contribution in [-0.2, 0) is 4.74 Å². The molecule has 0 amide bonds. The molecule has 3 heteroatoms. The second-order valence-corrected chi connectivity index (χ2v) is 3.62. The van der Waals surface area contributed by atoms with E-state index in [1.165, 1.54) is 0 Å². The van der Waals surface area contributed by atoms with Crippen molar-refractivity contribution in [3.05, 3.63) is 12.0 Å². The number of ether oxygens (including phenoxy) is 1. The van der Waals surface area contributed by atoms with Crippen LogP contribution in [0.25, 0.3) is 0 Å². The molecular weight excluding hydrogens is 152 g/mol. The largest absolute Gasteiger partial charge is 0.474 e. The van der Waals surface area contributed by atoms with E-state index in [0.717, 1.165) is 19.0 Å². The van der Waals surface area contributed by atoms with Crippen molar-refractivity contribution in [3.63, 3.8) is 0 Å². The highest BCUT2D eigenvalue weighted by Gasteiger charge is 2.37. The van der Waals surface area contributed by atoms with E-state index in [1.54, 1.807) is 0 Å². The minimum Gasteiger partial charge on any atom is -0.474 e. The predicted octanol–water partition coefficient (Wildman–Crippen LogP) is 0.444. The van der Waals surface area contributed by atoms with Gasteiger partial charge in [-0.05, 0) is 13.0 Å². The van der Waals surface area contributed by atoms with E-state index >= 15 is 0 Å². The molecule has 68 valence electrons. The molecule has 0 bridgehead atoms. The molecule has 1 unspecified atom stereocenters. The summed E-state index contributed by atoms with van der Waals surface area (Å²) in [5.74, 6) is 1.55. The minimum absolute atomic E-state index is 0.373. The molecule has 0 aromatic carbocycles. The first-order chi connectivity index (χ1) is 5.81. The molecule has 0 aromatic rings. The van der Waals surface area contributed by atoms with Gasteiger partial charge in [-0.1, -0.05) is 6.92 Å². The van der Waals surface area contributed by atoms with Crippen LogP contribution in [0.15, 0.2) is 12.0 Å². The van der Waals surface area contributed by atoms with Gasteiger partial charge in [0.25, 0.3) is 0 Å². The van der Waals surface area contributed by atoms with Gasteiger partial charge in [0.15, 0.2) is 5.88 Å². The van der Waals surface area contributed by atoms with Gasteiger partial charge in [-0.25, -0.2) is 0 Å². The number of allylic oxidation sites excluding steroid dienone is 1. The van der Waals surface area contributed by atoms with Crippen molar-refractivity contribution in [2.75, 3.05) is 13.1 Å².